The topological polar surface area (TPSA) is 131 Å². The first-order valence-electron chi connectivity index (χ1n) is 9.54. The van der Waals surface area contributed by atoms with E-state index in [0.29, 0.717) is 16.7 Å². The van der Waals surface area contributed by atoms with Crippen molar-refractivity contribution in [3.63, 3.8) is 0 Å². The summed E-state index contributed by atoms with van der Waals surface area (Å²) in [6, 6.07) is 13.3. The molecule has 0 unspecified atom stereocenters. The summed E-state index contributed by atoms with van der Waals surface area (Å²) >= 11 is 0. The van der Waals surface area contributed by atoms with Gasteiger partial charge in [-0.05, 0) is 23.8 Å². The minimum absolute atomic E-state index is 0.0149. The zero-order valence-electron chi connectivity index (χ0n) is 16.0. The molecular weight excluding hydrogens is 384 g/mol. The molecule has 0 saturated carbocycles. The Morgan fingerprint density at radius 2 is 1.80 bits per heavy atom. The molecule has 0 spiro atoms. The lowest BCUT2D eigenvalue weighted by atomic mass is 10.0. The number of carboxylic acids is 1. The monoisotopic (exact) mass is 403 g/mol. The Balaban J connectivity index is 1.42. The molecule has 8 nitrogen and oxygen atoms in total. The van der Waals surface area contributed by atoms with Crippen LogP contribution in [0, 0.1) is 0 Å². The zero-order chi connectivity index (χ0) is 21.1. The molecule has 1 amide bonds. The van der Waals surface area contributed by atoms with Crippen LogP contribution in [-0.4, -0.2) is 32.9 Å². The van der Waals surface area contributed by atoms with Crippen LogP contribution in [0.15, 0.2) is 59.5 Å². The number of nitrogens with one attached hydrogen (secondary N) is 3. The van der Waals surface area contributed by atoms with E-state index in [4.69, 9.17) is 0 Å². The Morgan fingerprint density at radius 3 is 2.60 bits per heavy atom. The fourth-order valence-electron chi connectivity index (χ4n) is 3.47. The summed E-state index contributed by atoms with van der Waals surface area (Å²) in [5.41, 5.74) is 1.94. The van der Waals surface area contributed by atoms with Crippen molar-refractivity contribution >= 4 is 33.7 Å². The van der Waals surface area contributed by atoms with E-state index in [1.807, 2.05) is 24.3 Å². The number of rotatable bonds is 7. The molecule has 8 heteroatoms. The first-order chi connectivity index (χ1) is 14.5. The van der Waals surface area contributed by atoms with Gasteiger partial charge in [-0.25, -0.2) is 4.98 Å². The lowest BCUT2D eigenvalue weighted by Gasteiger charge is -2.19. The minimum Gasteiger partial charge on any atom is -0.548 e. The smallest absolute Gasteiger partial charge is 0.258 e. The molecule has 2 aromatic carbocycles. The number of aromatic nitrogens is 3. The molecule has 0 radical (unpaired) electrons. The Labute approximate surface area is 171 Å². The standard InChI is InChI=1S/C22H20N4O4/c27-20(10-9-19-24-17-8-4-2-6-15(17)21(28)26-19)25-18(22(29)30)11-13-12-23-16-7-3-1-5-14(13)16/h1-8,12,18,23H,9-11H2,(H,25,27)(H,29,30)(H,24,26,28)/p-1/t18-/m0/s1. The second kappa shape index (κ2) is 8.20. The highest BCUT2D eigenvalue weighted by Crippen LogP contribution is 2.19. The maximum atomic E-state index is 12.3. The number of hydrogen-bond acceptors (Lipinski definition) is 5. The van der Waals surface area contributed by atoms with Crippen molar-refractivity contribution in [2.45, 2.75) is 25.3 Å². The van der Waals surface area contributed by atoms with Crippen molar-refractivity contribution in [2.75, 3.05) is 0 Å². The normalized spacial score (nSPS) is 12.1. The third-order valence-corrected chi connectivity index (χ3v) is 4.97. The van der Waals surface area contributed by atoms with Gasteiger partial charge in [0.25, 0.3) is 5.56 Å². The van der Waals surface area contributed by atoms with Crippen molar-refractivity contribution in [3.8, 4) is 0 Å². The van der Waals surface area contributed by atoms with Crippen LogP contribution in [0.4, 0.5) is 0 Å². The molecule has 0 aliphatic carbocycles. The molecule has 0 saturated heterocycles. The molecule has 1 atom stereocenters. The fourth-order valence-corrected chi connectivity index (χ4v) is 3.47. The highest BCUT2D eigenvalue weighted by atomic mass is 16.4. The van der Waals surface area contributed by atoms with Crippen LogP contribution in [0.3, 0.4) is 0 Å². The first kappa shape index (κ1) is 19.4. The van der Waals surface area contributed by atoms with E-state index in [1.165, 1.54) is 0 Å². The van der Waals surface area contributed by atoms with Gasteiger partial charge in [-0.3, -0.25) is 9.59 Å². The van der Waals surface area contributed by atoms with E-state index in [-0.39, 0.29) is 24.8 Å². The number of carbonyl (C=O) groups excluding carboxylic acids is 2. The highest BCUT2D eigenvalue weighted by Gasteiger charge is 2.17. The molecule has 4 aromatic rings. The van der Waals surface area contributed by atoms with Crippen molar-refractivity contribution in [3.05, 3.63) is 76.5 Å². The van der Waals surface area contributed by atoms with Crippen LogP contribution in [-0.2, 0) is 22.4 Å². The van der Waals surface area contributed by atoms with Crippen molar-refractivity contribution in [1.82, 2.24) is 20.3 Å². The lowest BCUT2D eigenvalue weighted by Crippen LogP contribution is -2.49. The van der Waals surface area contributed by atoms with Gasteiger partial charge in [0.15, 0.2) is 0 Å². The number of benzene rings is 2. The summed E-state index contributed by atoms with van der Waals surface area (Å²) in [5, 5.41) is 15.4. The van der Waals surface area contributed by atoms with Crippen molar-refractivity contribution in [2.24, 2.45) is 0 Å². The largest absolute Gasteiger partial charge is 0.548 e. The van der Waals surface area contributed by atoms with E-state index in [9.17, 15) is 19.5 Å². The summed E-state index contributed by atoms with van der Waals surface area (Å²) in [5.74, 6) is -1.44. The molecule has 2 aromatic heterocycles. The fraction of sp³-hybridized carbons (Fsp3) is 0.182. The van der Waals surface area contributed by atoms with Gasteiger partial charge in [0.05, 0.1) is 22.9 Å². The molecule has 0 aliphatic rings. The van der Waals surface area contributed by atoms with Gasteiger partial charge in [-0.1, -0.05) is 30.3 Å². The third-order valence-electron chi connectivity index (χ3n) is 4.97. The maximum Gasteiger partial charge on any atom is 0.258 e. The van der Waals surface area contributed by atoms with Gasteiger partial charge in [-0.15, -0.1) is 0 Å². The summed E-state index contributed by atoms with van der Waals surface area (Å²) in [6.45, 7) is 0. The lowest BCUT2D eigenvalue weighted by molar-refractivity contribution is -0.308. The third kappa shape index (κ3) is 4.07. The van der Waals surface area contributed by atoms with Gasteiger partial charge in [-0.2, -0.15) is 0 Å². The van der Waals surface area contributed by atoms with Crippen molar-refractivity contribution < 1.29 is 14.7 Å². The number of carbonyl (C=O) groups is 2. The van der Waals surface area contributed by atoms with Gasteiger partial charge in [0.1, 0.15) is 5.82 Å². The minimum atomic E-state index is -1.36. The van der Waals surface area contributed by atoms with Crippen LogP contribution in [0.25, 0.3) is 21.8 Å². The van der Waals surface area contributed by atoms with E-state index in [0.717, 1.165) is 16.5 Å². The molecule has 0 bridgehead atoms. The number of nitrogens with zero attached hydrogens (tertiary/aromatic N) is 1. The average Bonchev–Trinajstić information content (AvgIpc) is 3.15. The second-order valence-electron chi connectivity index (χ2n) is 7.03. The predicted molar refractivity (Wildman–Crippen MR) is 110 cm³/mol. The number of H-pyrrole nitrogens is 2. The number of fused-ring (bicyclic) bond motifs is 2. The number of aliphatic carboxylic acids is 1. The molecule has 0 fully saturated rings. The molecule has 0 aliphatic heterocycles. The van der Waals surface area contributed by atoms with E-state index >= 15 is 0 Å². The van der Waals surface area contributed by atoms with Crippen LogP contribution >= 0.6 is 0 Å². The summed E-state index contributed by atoms with van der Waals surface area (Å²) in [7, 11) is 0. The van der Waals surface area contributed by atoms with E-state index in [1.54, 1.807) is 30.5 Å². The van der Waals surface area contributed by atoms with Crippen LogP contribution in [0.1, 0.15) is 17.8 Å². The molecule has 4 rings (SSSR count). The number of carboxylic acid groups (broad SMARTS) is 1. The Hall–Kier alpha value is -3.94. The quantitative estimate of drug-likeness (QED) is 0.420. The summed E-state index contributed by atoms with van der Waals surface area (Å²) in [4.78, 5) is 46.1. The maximum absolute atomic E-state index is 12.3. The number of amides is 1. The Morgan fingerprint density at radius 1 is 1.07 bits per heavy atom. The van der Waals surface area contributed by atoms with Crippen molar-refractivity contribution in [1.29, 1.82) is 0 Å². The van der Waals surface area contributed by atoms with Gasteiger partial charge in [0.2, 0.25) is 5.91 Å². The molecule has 2 heterocycles. The number of para-hydroxylation sites is 2. The van der Waals surface area contributed by atoms with Crippen LogP contribution in [0.5, 0.6) is 0 Å². The Bertz CT molecular complexity index is 1290. The molecule has 30 heavy (non-hydrogen) atoms. The SMILES string of the molecule is O=C(CCc1nc2ccccc2c(=O)[nH]1)N[C@@H](Cc1c[nH]c2ccccc12)C(=O)[O-]. The van der Waals surface area contributed by atoms with Crippen LogP contribution in [0.2, 0.25) is 0 Å². The van der Waals surface area contributed by atoms with Crippen LogP contribution < -0.4 is 16.0 Å². The summed E-state index contributed by atoms with van der Waals surface area (Å²) < 4.78 is 0. The Kier molecular flexibility index (Phi) is 5.30. The van der Waals surface area contributed by atoms with Gasteiger partial charge < -0.3 is 25.2 Å². The predicted octanol–water partition coefficient (Wildman–Crippen LogP) is 0.814. The average molecular weight is 403 g/mol. The summed E-state index contributed by atoms with van der Waals surface area (Å²) in [6.07, 6.45) is 2.00. The molecular formula is C22H19N4O4-. The zero-order valence-corrected chi connectivity index (χ0v) is 16.0. The van der Waals surface area contributed by atoms with E-state index < -0.39 is 17.9 Å². The van der Waals surface area contributed by atoms with E-state index in [2.05, 4.69) is 20.3 Å². The van der Waals surface area contributed by atoms with Gasteiger partial charge >= 0.3 is 0 Å². The number of aromatic amines is 2. The second-order valence-corrected chi connectivity index (χ2v) is 7.03. The number of hydrogen-bond donors (Lipinski definition) is 3. The first-order valence-corrected chi connectivity index (χ1v) is 9.54. The molecule has 3 N–H and O–H groups in total. The van der Waals surface area contributed by atoms with Gasteiger partial charge in [0, 0.05) is 36.4 Å². The molecule has 152 valence electrons. The highest BCUT2D eigenvalue weighted by molar-refractivity contribution is 5.86. The number of aryl methyl sites for hydroxylation is 1.